The number of hydrogen-bond donors (Lipinski definition) is 1. The predicted octanol–water partition coefficient (Wildman–Crippen LogP) is -0.542. The number of nitrogens with two attached hydrogens (primary N) is 1. The molecule has 0 saturated carbocycles. The molecule has 3 heteroatoms. The Bertz CT molecular complexity index is 167. The van der Waals surface area contributed by atoms with Gasteiger partial charge >= 0.3 is 0 Å². The molecular formula is C5H5BN2. The first-order valence-electron chi connectivity index (χ1n) is 2.26. The number of hydrogen-bond acceptors (Lipinski definition) is 2. The number of pyridine rings is 1. The van der Waals surface area contributed by atoms with E-state index < -0.39 is 0 Å². The summed E-state index contributed by atoms with van der Waals surface area (Å²) >= 11 is 0. The quantitative estimate of drug-likeness (QED) is 0.449. The van der Waals surface area contributed by atoms with E-state index in [1.165, 1.54) is 0 Å². The standard InChI is InChI=1S/C5H5BN2/c6-4-2-1-3-8-5(4)7/h1-3H,(H2,7,8). The second kappa shape index (κ2) is 1.86. The molecule has 38 valence electrons. The van der Waals surface area contributed by atoms with E-state index >= 15 is 0 Å². The molecule has 2 radical (unpaired) electrons. The van der Waals surface area contributed by atoms with E-state index in [0.29, 0.717) is 11.3 Å². The second-order valence-corrected chi connectivity index (χ2v) is 1.48. The molecule has 2 N–H and O–H groups in total. The minimum absolute atomic E-state index is 0.396. The zero-order chi connectivity index (χ0) is 5.98. The van der Waals surface area contributed by atoms with E-state index in [4.69, 9.17) is 13.6 Å². The van der Waals surface area contributed by atoms with Crippen LogP contribution in [0.15, 0.2) is 18.3 Å². The summed E-state index contributed by atoms with van der Waals surface area (Å²) in [5.41, 5.74) is 5.82. The minimum atomic E-state index is 0.396. The summed E-state index contributed by atoms with van der Waals surface area (Å²) in [7, 11) is 5.33. The SMILES string of the molecule is [B]c1cccnc1N. The van der Waals surface area contributed by atoms with Crippen LogP contribution in [0, 0.1) is 0 Å². The van der Waals surface area contributed by atoms with Crippen molar-refractivity contribution >= 4 is 19.1 Å². The van der Waals surface area contributed by atoms with Crippen molar-refractivity contribution in [1.82, 2.24) is 4.98 Å². The highest BCUT2D eigenvalue weighted by molar-refractivity contribution is 6.35. The van der Waals surface area contributed by atoms with Crippen LogP contribution in [0.2, 0.25) is 0 Å². The molecule has 0 saturated heterocycles. The third-order valence-electron chi connectivity index (χ3n) is 0.871. The lowest BCUT2D eigenvalue weighted by molar-refractivity contribution is 1.36. The van der Waals surface area contributed by atoms with Crippen molar-refractivity contribution in [2.24, 2.45) is 0 Å². The lowest BCUT2D eigenvalue weighted by atomic mass is 9.98. The molecule has 0 bridgehead atoms. The smallest absolute Gasteiger partial charge is 0.118 e. The molecule has 1 aromatic rings. The lowest BCUT2D eigenvalue weighted by Crippen LogP contribution is -2.10. The van der Waals surface area contributed by atoms with Crippen LogP contribution in [0.25, 0.3) is 0 Å². The summed E-state index contributed by atoms with van der Waals surface area (Å²) in [4.78, 5) is 3.73. The Morgan fingerprint density at radius 3 is 2.75 bits per heavy atom. The molecule has 0 aliphatic heterocycles. The van der Waals surface area contributed by atoms with E-state index in [0.717, 1.165) is 0 Å². The van der Waals surface area contributed by atoms with Crippen LogP contribution in [-0.4, -0.2) is 12.8 Å². The van der Waals surface area contributed by atoms with Gasteiger partial charge in [-0.15, -0.1) is 0 Å². The first-order valence-corrected chi connectivity index (χ1v) is 2.26. The van der Waals surface area contributed by atoms with Crippen molar-refractivity contribution in [1.29, 1.82) is 0 Å². The van der Waals surface area contributed by atoms with Gasteiger partial charge in [-0.2, -0.15) is 0 Å². The number of nitrogens with zero attached hydrogens (tertiary/aromatic N) is 1. The third kappa shape index (κ3) is 0.806. The molecule has 0 spiro atoms. The first kappa shape index (κ1) is 5.16. The van der Waals surface area contributed by atoms with Crippen molar-refractivity contribution in [3.05, 3.63) is 18.3 Å². The minimum Gasteiger partial charge on any atom is -0.384 e. The maximum atomic E-state index is 5.33. The largest absolute Gasteiger partial charge is 0.384 e. The summed E-state index contributed by atoms with van der Waals surface area (Å²) < 4.78 is 0. The molecule has 1 heterocycles. The van der Waals surface area contributed by atoms with E-state index in [1.807, 2.05) is 0 Å². The van der Waals surface area contributed by atoms with Crippen LogP contribution in [0.4, 0.5) is 5.82 Å². The summed E-state index contributed by atoms with van der Waals surface area (Å²) in [6.45, 7) is 0. The van der Waals surface area contributed by atoms with Gasteiger partial charge in [0, 0.05) is 6.20 Å². The molecule has 2 nitrogen and oxygen atoms in total. The Hall–Kier alpha value is -0.985. The Morgan fingerprint density at radius 1 is 1.62 bits per heavy atom. The van der Waals surface area contributed by atoms with Crippen LogP contribution in [-0.2, 0) is 0 Å². The summed E-state index contributed by atoms with van der Waals surface area (Å²) in [6.07, 6.45) is 1.60. The zero-order valence-electron chi connectivity index (χ0n) is 4.33. The van der Waals surface area contributed by atoms with Gasteiger partial charge in [0.25, 0.3) is 0 Å². The van der Waals surface area contributed by atoms with Crippen molar-refractivity contribution in [2.45, 2.75) is 0 Å². The van der Waals surface area contributed by atoms with Gasteiger partial charge in [-0.1, -0.05) is 11.5 Å². The molecule has 0 fully saturated rings. The van der Waals surface area contributed by atoms with Gasteiger partial charge in [0.1, 0.15) is 13.7 Å². The van der Waals surface area contributed by atoms with Crippen molar-refractivity contribution in [2.75, 3.05) is 5.73 Å². The molecule has 1 rings (SSSR count). The zero-order valence-corrected chi connectivity index (χ0v) is 4.33. The fourth-order valence-corrected chi connectivity index (χ4v) is 0.430. The van der Waals surface area contributed by atoms with Gasteiger partial charge < -0.3 is 5.73 Å². The highest BCUT2D eigenvalue weighted by Gasteiger charge is 1.85. The van der Waals surface area contributed by atoms with Crippen molar-refractivity contribution in [3.63, 3.8) is 0 Å². The monoisotopic (exact) mass is 104 g/mol. The molecule has 0 aliphatic rings. The molecule has 8 heavy (non-hydrogen) atoms. The molecule has 1 aromatic heterocycles. The summed E-state index contributed by atoms with van der Waals surface area (Å²) in [5.74, 6) is 0.396. The molecule has 0 aromatic carbocycles. The second-order valence-electron chi connectivity index (χ2n) is 1.48. The number of aromatic nitrogens is 1. The van der Waals surface area contributed by atoms with Gasteiger partial charge in [-0.3, -0.25) is 0 Å². The molecule has 0 amide bonds. The van der Waals surface area contributed by atoms with Crippen LogP contribution >= 0.6 is 0 Å². The van der Waals surface area contributed by atoms with Gasteiger partial charge in [0.05, 0.1) is 0 Å². The lowest BCUT2D eigenvalue weighted by Gasteiger charge is -1.93. The normalized spacial score (nSPS) is 9.00. The van der Waals surface area contributed by atoms with Crippen molar-refractivity contribution < 1.29 is 0 Å². The Labute approximate surface area is 49.1 Å². The predicted molar refractivity (Wildman–Crippen MR) is 34.0 cm³/mol. The maximum absolute atomic E-state index is 5.33. The van der Waals surface area contributed by atoms with E-state index in [-0.39, 0.29) is 0 Å². The first-order chi connectivity index (χ1) is 3.80. The van der Waals surface area contributed by atoms with Crippen LogP contribution < -0.4 is 11.2 Å². The Morgan fingerprint density at radius 2 is 2.38 bits per heavy atom. The Balaban J connectivity index is 3.13. The molecule has 0 atom stereocenters. The van der Waals surface area contributed by atoms with E-state index in [9.17, 15) is 0 Å². The van der Waals surface area contributed by atoms with Crippen LogP contribution in [0.3, 0.4) is 0 Å². The highest BCUT2D eigenvalue weighted by atomic mass is 14.8. The number of rotatable bonds is 0. The maximum Gasteiger partial charge on any atom is 0.118 e. The van der Waals surface area contributed by atoms with Gasteiger partial charge in [0.15, 0.2) is 0 Å². The summed E-state index contributed by atoms with van der Waals surface area (Å²) in [5, 5.41) is 0. The van der Waals surface area contributed by atoms with Crippen molar-refractivity contribution in [3.8, 4) is 0 Å². The highest BCUT2D eigenvalue weighted by Crippen LogP contribution is 1.85. The topological polar surface area (TPSA) is 38.9 Å². The number of nitrogen functional groups attached to an aromatic ring is 1. The van der Waals surface area contributed by atoms with Crippen LogP contribution in [0.5, 0.6) is 0 Å². The van der Waals surface area contributed by atoms with Gasteiger partial charge in [-0.25, -0.2) is 4.98 Å². The van der Waals surface area contributed by atoms with E-state index in [2.05, 4.69) is 4.98 Å². The van der Waals surface area contributed by atoms with E-state index in [1.54, 1.807) is 18.3 Å². The van der Waals surface area contributed by atoms with Crippen LogP contribution in [0.1, 0.15) is 0 Å². The molecule has 0 aliphatic carbocycles. The number of anilines is 1. The molecular weight excluding hydrogens is 98.9 g/mol. The third-order valence-corrected chi connectivity index (χ3v) is 0.871. The van der Waals surface area contributed by atoms with Gasteiger partial charge in [-0.05, 0) is 6.07 Å². The fourth-order valence-electron chi connectivity index (χ4n) is 0.430. The van der Waals surface area contributed by atoms with Gasteiger partial charge in [0.2, 0.25) is 0 Å². The average Bonchev–Trinajstić information content (AvgIpc) is 1.77. The Kier molecular flexibility index (Phi) is 1.20. The summed E-state index contributed by atoms with van der Waals surface area (Å²) in [6, 6.07) is 3.45. The average molecular weight is 104 g/mol. The fraction of sp³-hybridized carbons (Fsp3) is 0. The molecule has 0 unspecified atom stereocenters.